The summed E-state index contributed by atoms with van der Waals surface area (Å²) in [5, 5.41) is 0. The topological polar surface area (TPSA) is 30.0 Å². The quantitative estimate of drug-likeness (QED) is 0.473. The second kappa shape index (κ2) is 3.97. The van der Waals surface area contributed by atoms with Crippen LogP contribution in [0.5, 0.6) is 0 Å². The molecule has 0 radical (unpaired) electrons. The van der Waals surface area contributed by atoms with Crippen molar-refractivity contribution in [2.75, 3.05) is 0 Å². The van der Waals surface area contributed by atoms with Gasteiger partial charge in [0.1, 0.15) is 10.9 Å². The fourth-order valence-electron chi connectivity index (χ4n) is 0.629. The van der Waals surface area contributed by atoms with Crippen LogP contribution in [-0.2, 0) is 4.79 Å². The molecule has 0 aliphatic heterocycles. The molecule has 0 fully saturated rings. The SMILES string of the molecule is O=C[C@@H](Br)c1ccc(Br)nc1. The molecule has 1 atom stereocenters. The normalized spacial score (nSPS) is 12.5. The minimum atomic E-state index is -0.247. The summed E-state index contributed by atoms with van der Waals surface area (Å²) >= 11 is 6.39. The van der Waals surface area contributed by atoms with Crippen molar-refractivity contribution < 1.29 is 4.79 Å². The summed E-state index contributed by atoms with van der Waals surface area (Å²) in [5.74, 6) is 0. The van der Waals surface area contributed by atoms with Gasteiger partial charge in [-0.05, 0) is 27.6 Å². The number of aldehydes is 1. The molecule has 1 aromatic rings. The molecule has 0 saturated heterocycles. The highest BCUT2D eigenvalue weighted by Gasteiger charge is 2.04. The van der Waals surface area contributed by atoms with E-state index in [-0.39, 0.29) is 4.83 Å². The van der Waals surface area contributed by atoms with E-state index in [1.807, 2.05) is 6.07 Å². The van der Waals surface area contributed by atoms with Crippen LogP contribution in [0.4, 0.5) is 0 Å². The molecule has 0 unspecified atom stereocenters. The molecule has 0 saturated carbocycles. The van der Waals surface area contributed by atoms with Gasteiger partial charge in [0.2, 0.25) is 0 Å². The van der Waals surface area contributed by atoms with Crippen LogP contribution in [0.25, 0.3) is 0 Å². The third-order valence-electron chi connectivity index (χ3n) is 1.19. The van der Waals surface area contributed by atoms with E-state index < -0.39 is 0 Å². The molecule has 2 nitrogen and oxygen atoms in total. The predicted octanol–water partition coefficient (Wildman–Crippen LogP) is 2.48. The summed E-state index contributed by atoms with van der Waals surface area (Å²) in [6.07, 6.45) is 2.48. The van der Waals surface area contributed by atoms with Gasteiger partial charge in [-0.3, -0.25) is 0 Å². The summed E-state index contributed by atoms with van der Waals surface area (Å²) in [7, 11) is 0. The van der Waals surface area contributed by atoms with E-state index in [2.05, 4.69) is 36.8 Å². The maximum Gasteiger partial charge on any atom is 0.138 e. The maximum absolute atomic E-state index is 10.3. The molecule has 58 valence electrons. The van der Waals surface area contributed by atoms with Gasteiger partial charge in [-0.1, -0.05) is 22.0 Å². The highest BCUT2D eigenvalue weighted by atomic mass is 79.9. The molecule has 1 aromatic heterocycles. The monoisotopic (exact) mass is 277 g/mol. The van der Waals surface area contributed by atoms with Crippen LogP contribution >= 0.6 is 31.9 Å². The van der Waals surface area contributed by atoms with Crippen molar-refractivity contribution >= 4 is 38.1 Å². The lowest BCUT2D eigenvalue weighted by atomic mass is 10.2. The fourth-order valence-corrected chi connectivity index (χ4v) is 1.13. The Kier molecular flexibility index (Phi) is 3.20. The third kappa shape index (κ3) is 2.38. The van der Waals surface area contributed by atoms with Crippen LogP contribution < -0.4 is 0 Å². The van der Waals surface area contributed by atoms with Crippen molar-refractivity contribution in [2.24, 2.45) is 0 Å². The lowest BCUT2D eigenvalue weighted by Crippen LogP contribution is -1.90. The Hall–Kier alpha value is -0.220. The smallest absolute Gasteiger partial charge is 0.138 e. The van der Waals surface area contributed by atoms with Crippen molar-refractivity contribution in [1.82, 2.24) is 4.98 Å². The molecular formula is C7H5Br2NO. The summed E-state index contributed by atoms with van der Waals surface area (Å²) < 4.78 is 0.770. The Morgan fingerprint density at radius 2 is 2.27 bits per heavy atom. The number of aromatic nitrogens is 1. The molecule has 0 aromatic carbocycles. The van der Waals surface area contributed by atoms with Crippen LogP contribution in [0, 0.1) is 0 Å². The van der Waals surface area contributed by atoms with E-state index >= 15 is 0 Å². The molecule has 0 N–H and O–H groups in total. The van der Waals surface area contributed by atoms with Crippen LogP contribution in [-0.4, -0.2) is 11.3 Å². The van der Waals surface area contributed by atoms with E-state index in [1.54, 1.807) is 12.3 Å². The van der Waals surface area contributed by atoms with Crippen LogP contribution in [0.1, 0.15) is 10.4 Å². The first-order chi connectivity index (χ1) is 5.24. The maximum atomic E-state index is 10.3. The van der Waals surface area contributed by atoms with Crippen molar-refractivity contribution in [3.05, 3.63) is 28.5 Å². The predicted molar refractivity (Wildman–Crippen MR) is 49.7 cm³/mol. The summed E-state index contributed by atoms with van der Waals surface area (Å²) in [5.41, 5.74) is 0.864. The fraction of sp³-hybridized carbons (Fsp3) is 0.143. The first-order valence-electron chi connectivity index (χ1n) is 2.95. The Labute approximate surface area is 81.3 Å². The zero-order valence-corrected chi connectivity index (χ0v) is 8.67. The number of carbonyl (C=O) groups excluding carboxylic acids is 1. The van der Waals surface area contributed by atoms with Gasteiger partial charge in [0.25, 0.3) is 0 Å². The second-order valence-electron chi connectivity index (χ2n) is 1.95. The van der Waals surface area contributed by atoms with Crippen molar-refractivity contribution in [1.29, 1.82) is 0 Å². The van der Waals surface area contributed by atoms with E-state index in [0.717, 1.165) is 16.5 Å². The van der Waals surface area contributed by atoms with Crippen molar-refractivity contribution in [3.8, 4) is 0 Å². The first-order valence-corrected chi connectivity index (χ1v) is 4.65. The van der Waals surface area contributed by atoms with E-state index in [9.17, 15) is 4.79 Å². The number of hydrogen-bond acceptors (Lipinski definition) is 2. The molecular weight excluding hydrogens is 274 g/mol. The number of nitrogens with zero attached hydrogens (tertiary/aromatic N) is 1. The minimum Gasteiger partial charge on any atom is -0.302 e. The third-order valence-corrected chi connectivity index (χ3v) is 2.40. The average Bonchev–Trinajstić information content (AvgIpc) is 2.05. The average molecular weight is 279 g/mol. The van der Waals surface area contributed by atoms with E-state index in [0.29, 0.717) is 0 Å². The molecule has 1 rings (SSSR count). The Morgan fingerprint density at radius 3 is 2.73 bits per heavy atom. The standard InChI is InChI=1S/C7H5Br2NO/c8-6(4-11)5-1-2-7(9)10-3-5/h1-4,6H/t6-/m1/s1. The zero-order chi connectivity index (χ0) is 8.27. The number of alkyl halides is 1. The summed E-state index contributed by atoms with van der Waals surface area (Å²) in [4.78, 5) is 14.0. The van der Waals surface area contributed by atoms with Gasteiger partial charge in [-0.2, -0.15) is 0 Å². The van der Waals surface area contributed by atoms with Gasteiger partial charge >= 0.3 is 0 Å². The number of pyridine rings is 1. The zero-order valence-electron chi connectivity index (χ0n) is 5.50. The second-order valence-corrected chi connectivity index (χ2v) is 3.75. The van der Waals surface area contributed by atoms with Gasteiger partial charge in [0.15, 0.2) is 0 Å². The summed E-state index contributed by atoms with van der Waals surface area (Å²) in [6, 6.07) is 3.64. The number of halogens is 2. The summed E-state index contributed by atoms with van der Waals surface area (Å²) in [6.45, 7) is 0. The van der Waals surface area contributed by atoms with Gasteiger partial charge in [-0.25, -0.2) is 4.98 Å². The van der Waals surface area contributed by atoms with Crippen molar-refractivity contribution in [2.45, 2.75) is 4.83 Å². The van der Waals surface area contributed by atoms with Crippen LogP contribution in [0.15, 0.2) is 22.9 Å². The number of rotatable bonds is 2. The first kappa shape index (κ1) is 8.87. The van der Waals surface area contributed by atoms with Gasteiger partial charge in [-0.15, -0.1) is 0 Å². The molecule has 0 aliphatic rings. The Morgan fingerprint density at radius 1 is 1.55 bits per heavy atom. The molecule has 4 heteroatoms. The van der Waals surface area contributed by atoms with Crippen LogP contribution in [0.3, 0.4) is 0 Å². The highest BCUT2D eigenvalue weighted by molar-refractivity contribution is 9.10. The van der Waals surface area contributed by atoms with E-state index in [4.69, 9.17) is 0 Å². The van der Waals surface area contributed by atoms with Crippen LogP contribution in [0.2, 0.25) is 0 Å². The number of hydrogen-bond donors (Lipinski definition) is 0. The lowest BCUT2D eigenvalue weighted by molar-refractivity contribution is -0.107. The number of carbonyl (C=O) groups is 1. The highest BCUT2D eigenvalue weighted by Crippen LogP contribution is 2.19. The Balaban J connectivity index is 2.89. The molecule has 0 bridgehead atoms. The largest absolute Gasteiger partial charge is 0.302 e. The molecule has 0 aliphatic carbocycles. The van der Waals surface area contributed by atoms with Gasteiger partial charge < -0.3 is 4.79 Å². The van der Waals surface area contributed by atoms with E-state index in [1.165, 1.54) is 0 Å². The lowest BCUT2D eigenvalue weighted by Gasteiger charge is -1.99. The van der Waals surface area contributed by atoms with Gasteiger partial charge in [0.05, 0.1) is 4.83 Å². The molecule has 0 spiro atoms. The molecule has 11 heavy (non-hydrogen) atoms. The Bertz CT molecular complexity index is 247. The van der Waals surface area contributed by atoms with Crippen molar-refractivity contribution in [3.63, 3.8) is 0 Å². The molecule has 1 heterocycles. The minimum absolute atomic E-state index is 0.247. The van der Waals surface area contributed by atoms with Gasteiger partial charge in [0, 0.05) is 6.20 Å². The molecule has 0 amide bonds.